The second-order valence-corrected chi connectivity index (χ2v) is 3.15. The van der Waals surface area contributed by atoms with E-state index in [0.717, 1.165) is 19.1 Å². The molecule has 1 atom stereocenters. The van der Waals surface area contributed by atoms with Crippen molar-refractivity contribution in [2.24, 2.45) is 5.92 Å². The van der Waals surface area contributed by atoms with Gasteiger partial charge in [-0.3, -0.25) is 0 Å². The Morgan fingerprint density at radius 1 is 1.60 bits per heavy atom. The summed E-state index contributed by atoms with van der Waals surface area (Å²) >= 11 is 0. The summed E-state index contributed by atoms with van der Waals surface area (Å²) in [7, 11) is 1.96. The smallest absolute Gasteiger partial charge is 0.0671 e. The first-order chi connectivity index (χ1) is 4.83. The minimum absolute atomic E-state index is 0.380. The van der Waals surface area contributed by atoms with Crippen molar-refractivity contribution in [3.05, 3.63) is 0 Å². The van der Waals surface area contributed by atoms with E-state index in [1.807, 2.05) is 7.05 Å². The van der Waals surface area contributed by atoms with Gasteiger partial charge in [-0.15, -0.1) is 0 Å². The Hall–Kier alpha value is -0.0800. The summed E-state index contributed by atoms with van der Waals surface area (Å²) in [5.41, 5.74) is 0. The zero-order chi connectivity index (χ0) is 7.40. The number of likely N-dealkylation sites (N-methyl/N-ethyl adjacent to an activating group) is 1. The molecule has 10 heavy (non-hydrogen) atoms. The predicted octanol–water partition coefficient (Wildman–Crippen LogP) is 1.02. The third kappa shape index (κ3) is 3.18. The topological polar surface area (TPSA) is 21.3 Å². The van der Waals surface area contributed by atoms with Crippen LogP contribution in [0.25, 0.3) is 0 Å². The summed E-state index contributed by atoms with van der Waals surface area (Å²) in [4.78, 5) is 0. The minimum atomic E-state index is 0.380. The lowest BCUT2D eigenvalue weighted by molar-refractivity contribution is 0.0596. The molecule has 0 aromatic carbocycles. The monoisotopic (exact) mass is 143 g/mol. The average molecular weight is 143 g/mol. The molecule has 1 unspecified atom stereocenters. The molecule has 0 aromatic rings. The van der Waals surface area contributed by atoms with Crippen LogP contribution in [-0.4, -0.2) is 26.3 Å². The van der Waals surface area contributed by atoms with Crippen LogP contribution >= 0.6 is 0 Å². The standard InChI is InChI=1S/C8H17NO/c1-7(5-9-2)10-6-8-3-4-8/h7-9H,3-6H2,1-2H3. The van der Waals surface area contributed by atoms with Gasteiger partial charge in [0.25, 0.3) is 0 Å². The summed E-state index contributed by atoms with van der Waals surface area (Å²) in [6, 6.07) is 0. The number of hydrogen-bond acceptors (Lipinski definition) is 2. The zero-order valence-corrected chi connectivity index (χ0v) is 6.89. The van der Waals surface area contributed by atoms with Gasteiger partial charge in [0.15, 0.2) is 0 Å². The predicted molar refractivity (Wildman–Crippen MR) is 42.1 cm³/mol. The lowest BCUT2D eigenvalue weighted by Crippen LogP contribution is -2.24. The maximum Gasteiger partial charge on any atom is 0.0671 e. The van der Waals surface area contributed by atoms with E-state index in [2.05, 4.69) is 12.2 Å². The Morgan fingerprint density at radius 2 is 2.30 bits per heavy atom. The SMILES string of the molecule is CNCC(C)OCC1CC1. The highest BCUT2D eigenvalue weighted by molar-refractivity contribution is 4.72. The quantitative estimate of drug-likeness (QED) is 0.620. The number of ether oxygens (including phenoxy) is 1. The van der Waals surface area contributed by atoms with Crippen molar-refractivity contribution >= 4 is 0 Å². The summed E-state index contributed by atoms with van der Waals surface area (Å²) in [5, 5.41) is 3.09. The van der Waals surface area contributed by atoms with Gasteiger partial charge in [0.1, 0.15) is 0 Å². The van der Waals surface area contributed by atoms with Gasteiger partial charge < -0.3 is 10.1 Å². The molecular formula is C8H17NO. The van der Waals surface area contributed by atoms with Crippen LogP contribution in [0.15, 0.2) is 0 Å². The van der Waals surface area contributed by atoms with E-state index in [1.165, 1.54) is 12.8 Å². The summed E-state index contributed by atoms with van der Waals surface area (Å²) in [6.45, 7) is 4.05. The van der Waals surface area contributed by atoms with E-state index in [0.29, 0.717) is 6.10 Å². The van der Waals surface area contributed by atoms with Crippen molar-refractivity contribution in [2.75, 3.05) is 20.2 Å². The van der Waals surface area contributed by atoms with Crippen LogP contribution in [0, 0.1) is 5.92 Å². The molecule has 0 aliphatic heterocycles. The van der Waals surface area contributed by atoms with Crippen molar-refractivity contribution in [3.8, 4) is 0 Å². The van der Waals surface area contributed by atoms with E-state index < -0.39 is 0 Å². The molecule has 0 amide bonds. The summed E-state index contributed by atoms with van der Waals surface area (Å²) in [5.74, 6) is 0.888. The molecular weight excluding hydrogens is 126 g/mol. The molecule has 1 fully saturated rings. The third-order valence-corrected chi connectivity index (χ3v) is 1.80. The molecule has 1 saturated carbocycles. The summed E-state index contributed by atoms with van der Waals surface area (Å²) < 4.78 is 5.54. The first kappa shape index (κ1) is 8.02. The van der Waals surface area contributed by atoms with Crippen LogP contribution in [-0.2, 0) is 4.74 Å². The zero-order valence-electron chi connectivity index (χ0n) is 6.89. The fourth-order valence-corrected chi connectivity index (χ4v) is 0.931. The molecule has 1 rings (SSSR count). The molecule has 0 radical (unpaired) electrons. The van der Waals surface area contributed by atoms with Crippen molar-refractivity contribution in [1.29, 1.82) is 0 Å². The van der Waals surface area contributed by atoms with Crippen LogP contribution in [0.3, 0.4) is 0 Å². The number of rotatable bonds is 5. The van der Waals surface area contributed by atoms with E-state index in [1.54, 1.807) is 0 Å². The Bertz CT molecular complexity index is 91.3. The van der Waals surface area contributed by atoms with Crippen LogP contribution in [0.1, 0.15) is 19.8 Å². The van der Waals surface area contributed by atoms with E-state index in [9.17, 15) is 0 Å². The molecule has 2 heteroatoms. The molecule has 0 bridgehead atoms. The molecule has 0 spiro atoms. The summed E-state index contributed by atoms with van der Waals surface area (Å²) in [6.07, 6.45) is 3.14. The maximum atomic E-state index is 5.54. The second-order valence-electron chi connectivity index (χ2n) is 3.15. The Balaban J connectivity index is 1.89. The van der Waals surface area contributed by atoms with Gasteiger partial charge in [0.05, 0.1) is 6.10 Å². The molecule has 0 saturated heterocycles. The fraction of sp³-hybridized carbons (Fsp3) is 1.00. The van der Waals surface area contributed by atoms with Gasteiger partial charge in [-0.1, -0.05) is 0 Å². The van der Waals surface area contributed by atoms with Gasteiger partial charge in [-0.2, -0.15) is 0 Å². The fourth-order valence-electron chi connectivity index (χ4n) is 0.931. The normalized spacial score (nSPS) is 21.0. The highest BCUT2D eigenvalue weighted by atomic mass is 16.5. The Morgan fingerprint density at radius 3 is 2.80 bits per heavy atom. The minimum Gasteiger partial charge on any atom is -0.377 e. The van der Waals surface area contributed by atoms with Crippen molar-refractivity contribution in [1.82, 2.24) is 5.32 Å². The lowest BCUT2D eigenvalue weighted by atomic mass is 10.4. The van der Waals surface area contributed by atoms with Crippen molar-refractivity contribution in [2.45, 2.75) is 25.9 Å². The highest BCUT2D eigenvalue weighted by Crippen LogP contribution is 2.29. The molecule has 0 heterocycles. The average Bonchev–Trinajstić information content (AvgIpc) is 2.67. The largest absolute Gasteiger partial charge is 0.377 e. The Labute approximate surface area is 63.0 Å². The molecule has 1 aliphatic carbocycles. The van der Waals surface area contributed by atoms with E-state index >= 15 is 0 Å². The number of hydrogen-bond donors (Lipinski definition) is 1. The van der Waals surface area contributed by atoms with Crippen LogP contribution < -0.4 is 5.32 Å². The first-order valence-corrected chi connectivity index (χ1v) is 4.09. The van der Waals surface area contributed by atoms with Gasteiger partial charge in [0, 0.05) is 13.2 Å². The molecule has 1 N–H and O–H groups in total. The van der Waals surface area contributed by atoms with Gasteiger partial charge in [0.2, 0.25) is 0 Å². The number of nitrogens with one attached hydrogen (secondary N) is 1. The molecule has 2 nitrogen and oxygen atoms in total. The highest BCUT2D eigenvalue weighted by Gasteiger charge is 2.21. The van der Waals surface area contributed by atoms with Crippen molar-refractivity contribution in [3.63, 3.8) is 0 Å². The van der Waals surface area contributed by atoms with Crippen LogP contribution in [0.2, 0.25) is 0 Å². The Kier molecular flexibility index (Phi) is 3.16. The van der Waals surface area contributed by atoms with Gasteiger partial charge >= 0.3 is 0 Å². The molecule has 60 valence electrons. The van der Waals surface area contributed by atoms with Gasteiger partial charge in [-0.05, 0) is 32.7 Å². The van der Waals surface area contributed by atoms with E-state index in [-0.39, 0.29) is 0 Å². The van der Waals surface area contributed by atoms with Crippen LogP contribution in [0.4, 0.5) is 0 Å². The molecule has 0 aromatic heterocycles. The van der Waals surface area contributed by atoms with E-state index in [4.69, 9.17) is 4.74 Å². The second kappa shape index (κ2) is 3.94. The lowest BCUT2D eigenvalue weighted by Gasteiger charge is -2.11. The molecule has 1 aliphatic rings. The third-order valence-electron chi connectivity index (χ3n) is 1.80. The van der Waals surface area contributed by atoms with Gasteiger partial charge in [-0.25, -0.2) is 0 Å². The van der Waals surface area contributed by atoms with Crippen LogP contribution in [0.5, 0.6) is 0 Å². The first-order valence-electron chi connectivity index (χ1n) is 4.09. The maximum absolute atomic E-state index is 5.54. The van der Waals surface area contributed by atoms with Crippen molar-refractivity contribution < 1.29 is 4.74 Å².